The number of rotatable bonds is 11. The number of halogens is 3. The van der Waals surface area contributed by atoms with Gasteiger partial charge in [0.25, 0.3) is 0 Å². The molecule has 0 saturated carbocycles. The van der Waals surface area contributed by atoms with Crippen LogP contribution in [-0.2, 0) is 15.7 Å². The largest absolute Gasteiger partial charge is 0.481 e. The average Bonchev–Trinajstić information content (AvgIpc) is 2.85. The number of pyridine rings is 1. The molecule has 0 aliphatic heterocycles. The van der Waals surface area contributed by atoms with Gasteiger partial charge in [0.05, 0.1) is 25.1 Å². The molecule has 37 heavy (non-hydrogen) atoms. The number of aryl methyl sites for hydroxylation is 1. The van der Waals surface area contributed by atoms with Gasteiger partial charge in [-0.25, -0.2) is 4.98 Å². The summed E-state index contributed by atoms with van der Waals surface area (Å²) in [6.07, 6.45) is -3.01. The van der Waals surface area contributed by atoms with Crippen molar-refractivity contribution in [2.45, 2.75) is 13.1 Å². The van der Waals surface area contributed by atoms with E-state index in [2.05, 4.69) is 42.8 Å². The summed E-state index contributed by atoms with van der Waals surface area (Å²) in [4.78, 5) is 24.0. The second-order valence-electron chi connectivity index (χ2n) is 7.65. The molecule has 0 unspecified atom stereocenters. The molecular formula is C24H26F3N7O3. The van der Waals surface area contributed by atoms with E-state index in [0.29, 0.717) is 30.9 Å². The first kappa shape index (κ1) is 27.2. The number of carbonyl (C=O) groups is 1. The Balaban J connectivity index is 1.97. The van der Waals surface area contributed by atoms with Crippen LogP contribution < -0.4 is 26.0 Å². The third kappa shape index (κ3) is 7.54. The van der Waals surface area contributed by atoms with Crippen LogP contribution in [0.25, 0.3) is 0 Å². The zero-order chi connectivity index (χ0) is 27.0. The van der Waals surface area contributed by atoms with E-state index in [1.807, 2.05) is 0 Å². The van der Waals surface area contributed by atoms with Crippen molar-refractivity contribution in [2.75, 3.05) is 48.6 Å². The van der Waals surface area contributed by atoms with E-state index < -0.39 is 23.5 Å². The molecule has 1 aromatic carbocycles. The minimum atomic E-state index is -4.74. The molecule has 10 nitrogen and oxygen atoms in total. The molecule has 0 aliphatic carbocycles. The van der Waals surface area contributed by atoms with E-state index in [-0.39, 0.29) is 23.2 Å². The third-order valence-electron chi connectivity index (χ3n) is 4.84. The number of nitrogens with one attached hydrogen (secondary N) is 4. The smallest absolute Gasteiger partial charge is 0.421 e. The fourth-order valence-corrected chi connectivity index (χ4v) is 3.11. The molecule has 0 radical (unpaired) electrons. The van der Waals surface area contributed by atoms with Crippen molar-refractivity contribution < 1.29 is 27.4 Å². The summed E-state index contributed by atoms with van der Waals surface area (Å²) in [6.45, 7) is 6.09. The summed E-state index contributed by atoms with van der Waals surface area (Å²) in [6, 6.07) is 7.99. The Hall–Kier alpha value is -4.39. The minimum absolute atomic E-state index is 0.115. The van der Waals surface area contributed by atoms with Crippen LogP contribution in [0.4, 0.5) is 47.8 Å². The van der Waals surface area contributed by atoms with E-state index in [4.69, 9.17) is 9.47 Å². The second-order valence-corrected chi connectivity index (χ2v) is 7.65. The number of benzene rings is 1. The van der Waals surface area contributed by atoms with Gasteiger partial charge >= 0.3 is 6.18 Å². The molecule has 3 aromatic rings. The Morgan fingerprint density at radius 2 is 1.89 bits per heavy atom. The number of anilines is 6. The van der Waals surface area contributed by atoms with Gasteiger partial charge in [-0.1, -0.05) is 12.6 Å². The predicted octanol–water partition coefficient (Wildman–Crippen LogP) is 4.88. The van der Waals surface area contributed by atoms with Gasteiger partial charge in [-0.3, -0.25) is 4.79 Å². The van der Waals surface area contributed by atoms with Gasteiger partial charge in [0.1, 0.15) is 17.2 Å². The molecule has 196 valence electrons. The molecule has 13 heteroatoms. The van der Waals surface area contributed by atoms with Crippen LogP contribution in [0.5, 0.6) is 5.88 Å². The average molecular weight is 518 g/mol. The summed E-state index contributed by atoms with van der Waals surface area (Å²) in [5.41, 5.74) is 0.580. The van der Waals surface area contributed by atoms with Crippen molar-refractivity contribution in [1.29, 1.82) is 0 Å². The molecule has 0 bridgehead atoms. The summed E-state index contributed by atoms with van der Waals surface area (Å²) >= 11 is 0. The van der Waals surface area contributed by atoms with Crippen LogP contribution in [0, 0.1) is 6.92 Å². The van der Waals surface area contributed by atoms with Crippen LogP contribution in [-0.4, -0.2) is 48.2 Å². The number of carbonyl (C=O) groups excluding carboxylic acids is 1. The molecule has 1 amide bonds. The molecule has 4 N–H and O–H groups in total. The number of nitrogens with zero attached hydrogens (tertiary/aromatic N) is 3. The van der Waals surface area contributed by atoms with Gasteiger partial charge in [0.15, 0.2) is 0 Å². The Morgan fingerprint density at radius 3 is 2.57 bits per heavy atom. The fourth-order valence-electron chi connectivity index (χ4n) is 3.11. The summed E-state index contributed by atoms with van der Waals surface area (Å²) < 4.78 is 51.5. The first-order chi connectivity index (χ1) is 17.6. The highest BCUT2D eigenvalue weighted by Gasteiger charge is 2.35. The number of aromatic nitrogens is 3. The van der Waals surface area contributed by atoms with E-state index in [1.165, 1.54) is 13.2 Å². The highest BCUT2D eigenvalue weighted by atomic mass is 19.4. The van der Waals surface area contributed by atoms with Gasteiger partial charge in [0, 0.05) is 37.7 Å². The SMILES string of the molecule is C=CC(=O)Nc1cc(C)ccc1Nc1nc(Nc2cc(NCCOC)nc(OC)c2)ncc1C(F)(F)F. The highest BCUT2D eigenvalue weighted by Crippen LogP contribution is 2.37. The van der Waals surface area contributed by atoms with Crippen molar-refractivity contribution in [3.63, 3.8) is 0 Å². The number of hydrogen-bond donors (Lipinski definition) is 4. The lowest BCUT2D eigenvalue weighted by Gasteiger charge is -2.17. The maximum Gasteiger partial charge on any atom is 0.421 e. The lowest BCUT2D eigenvalue weighted by atomic mass is 10.1. The summed E-state index contributed by atoms with van der Waals surface area (Å²) in [5.74, 6) is -0.432. The standard InChI is InChI=1S/C24H26F3N7O3/c1-5-20(35)31-18-10-14(2)6-7-17(18)32-22-16(24(25,26)27)13-29-23(34-22)30-15-11-19(28-8-9-36-3)33-21(12-15)37-4/h5-7,10-13H,1,8-9H2,2-4H3,(H,31,35)(H3,28,29,30,32,33,34). The van der Waals surface area contributed by atoms with Crippen LogP contribution in [0.3, 0.4) is 0 Å². The van der Waals surface area contributed by atoms with Gasteiger partial charge < -0.3 is 30.7 Å². The van der Waals surface area contributed by atoms with Crippen molar-refractivity contribution in [3.05, 3.63) is 60.3 Å². The van der Waals surface area contributed by atoms with Gasteiger partial charge in [0.2, 0.25) is 17.7 Å². The molecule has 0 atom stereocenters. The number of methoxy groups -OCH3 is 2. The highest BCUT2D eigenvalue weighted by molar-refractivity contribution is 6.01. The van der Waals surface area contributed by atoms with Gasteiger partial charge in [-0.05, 0) is 30.7 Å². The van der Waals surface area contributed by atoms with Gasteiger partial charge in [-0.15, -0.1) is 0 Å². The van der Waals surface area contributed by atoms with E-state index in [9.17, 15) is 18.0 Å². The minimum Gasteiger partial charge on any atom is -0.481 e. The quantitative estimate of drug-likeness (QED) is 0.208. The van der Waals surface area contributed by atoms with Gasteiger partial charge in [-0.2, -0.15) is 23.1 Å². The lowest BCUT2D eigenvalue weighted by molar-refractivity contribution is -0.137. The van der Waals surface area contributed by atoms with Crippen LogP contribution in [0.1, 0.15) is 11.1 Å². The topological polar surface area (TPSA) is 122 Å². The normalized spacial score (nSPS) is 11.0. The molecule has 2 aromatic heterocycles. The third-order valence-corrected chi connectivity index (χ3v) is 4.84. The molecule has 2 heterocycles. The fraction of sp³-hybridized carbons (Fsp3) is 0.250. The Labute approximate surface area is 211 Å². The maximum absolute atomic E-state index is 13.8. The van der Waals surface area contributed by atoms with E-state index in [0.717, 1.165) is 11.6 Å². The zero-order valence-electron chi connectivity index (χ0n) is 20.4. The number of hydrogen-bond acceptors (Lipinski definition) is 9. The maximum atomic E-state index is 13.8. The second kappa shape index (κ2) is 12.0. The molecule has 0 aliphatic rings. The Bertz CT molecular complexity index is 1270. The van der Waals surface area contributed by atoms with Crippen molar-refractivity contribution in [2.24, 2.45) is 0 Å². The first-order valence-electron chi connectivity index (χ1n) is 10.9. The molecule has 0 spiro atoms. The molecule has 0 fully saturated rings. The number of ether oxygens (including phenoxy) is 2. The number of amides is 1. The van der Waals surface area contributed by atoms with Crippen LogP contribution in [0.15, 0.2) is 49.2 Å². The molecular weight excluding hydrogens is 491 g/mol. The van der Waals surface area contributed by atoms with E-state index >= 15 is 0 Å². The van der Waals surface area contributed by atoms with E-state index in [1.54, 1.807) is 38.3 Å². The summed E-state index contributed by atoms with van der Waals surface area (Å²) in [7, 11) is 3.00. The summed E-state index contributed by atoms with van der Waals surface area (Å²) in [5, 5.41) is 11.2. The first-order valence-corrected chi connectivity index (χ1v) is 10.9. The number of alkyl halides is 3. The van der Waals surface area contributed by atoms with Crippen LogP contribution >= 0.6 is 0 Å². The molecule has 3 rings (SSSR count). The van der Waals surface area contributed by atoms with Crippen molar-refractivity contribution in [1.82, 2.24) is 15.0 Å². The molecule has 0 saturated heterocycles. The van der Waals surface area contributed by atoms with Crippen molar-refractivity contribution in [3.8, 4) is 5.88 Å². The lowest BCUT2D eigenvalue weighted by Crippen LogP contribution is -2.14. The zero-order valence-corrected chi connectivity index (χ0v) is 20.4. The Kier molecular flexibility index (Phi) is 8.85. The predicted molar refractivity (Wildman–Crippen MR) is 135 cm³/mol. The Morgan fingerprint density at radius 1 is 1.11 bits per heavy atom. The monoisotopic (exact) mass is 517 g/mol. The van der Waals surface area contributed by atoms with Crippen molar-refractivity contribution >= 4 is 40.6 Å². The van der Waals surface area contributed by atoms with Crippen LogP contribution in [0.2, 0.25) is 0 Å².